The average molecular weight is 383 g/mol. The Labute approximate surface area is 147 Å². The summed E-state index contributed by atoms with van der Waals surface area (Å²) in [6.45, 7) is 0. The van der Waals surface area contributed by atoms with Gasteiger partial charge in [0.05, 0.1) is 16.5 Å². The number of ether oxygens (including phenoxy) is 1. The fraction of sp³-hybridized carbons (Fsp3) is 0.294. The molecule has 1 saturated carbocycles. The molecule has 0 bridgehead atoms. The highest BCUT2D eigenvalue weighted by Gasteiger charge is 2.56. The molecule has 0 N–H and O–H groups in total. The molecule has 0 radical (unpaired) electrons. The summed E-state index contributed by atoms with van der Waals surface area (Å²) in [7, 11) is -3.90. The molecule has 2 unspecified atom stereocenters. The van der Waals surface area contributed by atoms with Crippen molar-refractivity contribution in [2.75, 3.05) is 6.26 Å². The molecule has 0 aromatic heterocycles. The van der Waals surface area contributed by atoms with Crippen LogP contribution in [0.25, 0.3) is 0 Å². The molecule has 2 aliphatic carbocycles. The Hall–Kier alpha value is -2.60. The molecule has 3 rings (SSSR count). The molecule has 2 aliphatic rings. The second-order valence-corrected chi connectivity index (χ2v) is 8.11. The summed E-state index contributed by atoms with van der Waals surface area (Å²) in [5, 5.41) is 8.87. The van der Waals surface area contributed by atoms with Crippen LogP contribution in [0.4, 0.5) is 13.2 Å². The van der Waals surface area contributed by atoms with E-state index in [0.29, 0.717) is 0 Å². The molecule has 0 amide bonds. The number of allylic oxidation sites excluding steroid dienone is 1. The Bertz CT molecular complexity index is 1010. The number of benzene rings is 1. The summed E-state index contributed by atoms with van der Waals surface area (Å²) in [4.78, 5) is 11.5. The van der Waals surface area contributed by atoms with E-state index in [9.17, 15) is 26.4 Å². The van der Waals surface area contributed by atoms with E-state index < -0.39 is 56.3 Å². The van der Waals surface area contributed by atoms with Gasteiger partial charge in [-0.25, -0.2) is 12.8 Å². The van der Waals surface area contributed by atoms with Crippen molar-refractivity contribution in [1.82, 2.24) is 0 Å². The molecule has 2 atom stereocenters. The number of alkyl halides is 2. The van der Waals surface area contributed by atoms with E-state index in [4.69, 9.17) is 10.00 Å². The largest absolute Gasteiger partial charge is 0.486 e. The summed E-state index contributed by atoms with van der Waals surface area (Å²) < 4.78 is 70.6. The number of rotatable bonds is 3. The van der Waals surface area contributed by atoms with E-state index in [1.165, 1.54) is 12.1 Å². The van der Waals surface area contributed by atoms with Crippen LogP contribution in [0.1, 0.15) is 12.0 Å². The molecular weight excluding hydrogens is 371 g/mol. The van der Waals surface area contributed by atoms with Crippen molar-refractivity contribution in [1.29, 1.82) is 5.26 Å². The Morgan fingerprint density at radius 2 is 2.00 bits per heavy atom. The van der Waals surface area contributed by atoms with Crippen molar-refractivity contribution in [3.8, 4) is 11.8 Å². The maximum atomic E-state index is 13.9. The second kappa shape index (κ2) is 5.99. The van der Waals surface area contributed by atoms with Gasteiger partial charge in [-0.1, -0.05) is 0 Å². The summed E-state index contributed by atoms with van der Waals surface area (Å²) in [5.41, 5.74) is -0.526. The van der Waals surface area contributed by atoms with Crippen LogP contribution in [0.2, 0.25) is 0 Å². The fourth-order valence-electron chi connectivity index (χ4n) is 3.11. The monoisotopic (exact) mass is 383 g/mol. The first-order chi connectivity index (χ1) is 12.0. The van der Waals surface area contributed by atoms with Gasteiger partial charge in [0.25, 0.3) is 0 Å². The van der Waals surface area contributed by atoms with E-state index in [1.807, 2.05) is 0 Å². The van der Waals surface area contributed by atoms with Crippen LogP contribution in [-0.2, 0) is 14.6 Å². The highest BCUT2D eigenvalue weighted by molar-refractivity contribution is 7.94. The average Bonchev–Trinajstić information content (AvgIpc) is 2.77. The van der Waals surface area contributed by atoms with E-state index in [-0.39, 0.29) is 11.3 Å². The van der Waals surface area contributed by atoms with Crippen LogP contribution < -0.4 is 4.74 Å². The maximum Gasteiger partial charge on any atom is 0.310 e. The van der Waals surface area contributed by atoms with Gasteiger partial charge < -0.3 is 4.74 Å². The number of ketones is 1. The zero-order valence-corrected chi connectivity index (χ0v) is 14.2. The number of carbonyl (C=O) groups excluding carboxylic acids is 1. The third-order valence-electron chi connectivity index (χ3n) is 4.20. The second-order valence-electron chi connectivity index (χ2n) is 6.12. The Morgan fingerprint density at radius 3 is 2.62 bits per heavy atom. The topological polar surface area (TPSA) is 84.2 Å². The molecule has 5 nitrogen and oxygen atoms in total. The zero-order valence-electron chi connectivity index (χ0n) is 13.4. The number of hydrogen-bond donors (Lipinski definition) is 0. The van der Waals surface area contributed by atoms with Gasteiger partial charge in [0.1, 0.15) is 17.7 Å². The predicted octanol–water partition coefficient (Wildman–Crippen LogP) is 2.54. The van der Waals surface area contributed by atoms with Gasteiger partial charge in [0, 0.05) is 30.2 Å². The van der Waals surface area contributed by atoms with E-state index in [1.54, 1.807) is 6.07 Å². The number of nitrogens with zero attached hydrogens (tertiary/aromatic N) is 1. The first kappa shape index (κ1) is 18.2. The van der Waals surface area contributed by atoms with Gasteiger partial charge in [0.2, 0.25) is 5.78 Å². The molecule has 136 valence electrons. The standard InChI is InChI=1S/C17H12F3NO4S/c1-26(23,24)14-3-2-13(12-7-17(19,20)16(22)15(12)14)25-11-5-9(8-21)4-10(18)6-11/h2-6,12-13H,7H2,1H3. The van der Waals surface area contributed by atoms with E-state index >= 15 is 0 Å². The number of Topliss-reactive ketones (excluding diaryl/α,β-unsaturated/α-hetero) is 1. The van der Waals surface area contributed by atoms with Crippen LogP contribution in [-0.4, -0.2) is 32.5 Å². The predicted molar refractivity (Wildman–Crippen MR) is 84.6 cm³/mol. The fourth-order valence-corrected chi connectivity index (χ4v) is 4.08. The number of sulfone groups is 1. The number of halogens is 3. The summed E-state index contributed by atoms with van der Waals surface area (Å²) in [5.74, 6) is -7.28. The van der Waals surface area contributed by atoms with Gasteiger partial charge in [-0.3, -0.25) is 4.79 Å². The highest BCUT2D eigenvalue weighted by atomic mass is 32.2. The lowest BCUT2D eigenvalue weighted by atomic mass is 9.91. The lowest BCUT2D eigenvalue weighted by molar-refractivity contribution is -0.135. The number of fused-ring (bicyclic) bond motifs is 1. The highest BCUT2D eigenvalue weighted by Crippen LogP contribution is 2.46. The van der Waals surface area contributed by atoms with Gasteiger partial charge >= 0.3 is 5.92 Å². The maximum absolute atomic E-state index is 13.9. The minimum atomic E-state index is -3.90. The summed E-state index contributed by atoms with van der Waals surface area (Å²) in [6, 6.07) is 4.91. The van der Waals surface area contributed by atoms with Crippen LogP contribution in [0.3, 0.4) is 0 Å². The molecule has 1 aromatic rings. The molecule has 26 heavy (non-hydrogen) atoms. The zero-order chi connectivity index (χ0) is 19.3. The van der Waals surface area contributed by atoms with Gasteiger partial charge in [-0.15, -0.1) is 0 Å². The molecule has 1 fully saturated rings. The van der Waals surface area contributed by atoms with Gasteiger partial charge in [0.15, 0.2) is 9.84 Å². The smallest absolute Gasteiger partial charge is 0.310 e. The summed E-state index contributed by atoms with van der Waals surface area (Å²) in [6.07, 6.45) is 1.12. The van der Waals surface area contributed by atoms with Gasteiger partial charge in [-0.2, -0.15) is 14.0 Å². The third kappa shape index (κ3) is 3.12. The molecule has 0 heterocycles. The lowest BCUT2D eigenvalue weighted by Gasteiger charge is -2.26. The Morgan fingerprint density at radius 1 is 1.31 bits per heavy atom. The minimum absolute atomic E-state index is 0.0276. The van der Waals surface area contributed by atoms with Gasteiger partial charge in [-0.05, 0) is 24.3 Å². The van der Waals surface area contributed by atoms with E-state index in [0.717, 1.165) is 24.5 Å². The number of nitriles is 1. The normalized spacial score (nSPS) is 24.3. The van der Waals surface area contributed by atoms with Crippen molar-refractivity contribution in [2.45, 2.75) is 18.4 Å². The Kier molecular flexibility index (Phi) is 4.19. The molecular formula is C17H12F3NO4S. The molecule has 9 heteroatoms. The first-order valence-electron chi connectivity index (χ1n) is 7.45. The molecule has 0 aliphatic heterocycles. The van der Waals surface area contributed by atoms with E-state index in [2.05, 4.69) is 0 Å². The number of carbonyl (C=O) groups is 1. The number of hydrogen-bond acceptors (Lipinski definition) is 5. The lowest BCUT2D eigenvalue weighted by Crippen LogP contribution is -2.29. The van der Waals surface area contributed by atoms with Crippen LogP contribution in [0.15, 0.2) is 40.8 Å². The Balaban J connectivity index is 2.02. The first-order valence-corrected chi connectivity index (χ1v) is 9.34. The van der Waals surface area contributed by atoms with Crippen molar-refractivity contribution < 1.29 is 31.1 Å². The molecule has 0 saturated heterocycles. The van der Waals surface area contributed by atoms with Crippen LogP contribution in [0.5, 0.6) is 5.75 Å². The molecule has 0 spiro atoms. The van der Waals surface area contributed by atoms with Crippen molar-refractivity contribution in [3.63, 3.8) is 0 Å². The van der Waals surface area contributed by atoms with Crippen LogP contribution >= 0.6 is 0 Å². The minimum Gasteiger partial charge on any atom is -0.486 e. The third-order valence-corrected chi connectivity index (χ3v) is 5.35. The van der Waals surface area contributed by atoms with Crippen molar-refractivity contribution >= 4 is 15.6 Å². The quantitative estimate of drug-likeness (QED) is 0.801. The SMILES string of the molecule is CS(=O)(=O)C1=C2C(=O)C(F)(F)CC2C(Oc2cc(F)cc(C#N)c2)C=C1. The van der Waals surface area contributed by atoms with Crippen LogP contribution in [0, 0.1) is 23.1 Å². The van der Waals surface area contributed by atoms with Crippen molar-refractivity contribution in [2.24, 2.45) is 5.92 Å². The molecule has 1 aromatic carbocycles. The van der Waals surface area contributed by atoms with Crippen molar-refractivity contribution in [3.05, 3.63) is 52.2 Å². The summed E-state index contributed by atoms with van der Waals surface area (Å²) >= 11 is 0.